The summed E-state index contributed by atoms with van der Waals surface area (Å²) in [6, 6.07) is 8.52. The van der Waals surface area contributed by atoms with Crippen LogP contribution in [0.2, 0.25) is 0 Å². The normalized spacial score (nSPS) is 12.8. The summed E-state index contributed by atoms with van der Waals surface area (Å²) in [5.41, 5.74) is 3.37. The zero-order valence-corrected chi connectivity index (χ0v) is 12.6. The predicted octanol–water partition coefficient (Wildman–Crippen LogP) is 5.43. The standard InChI is InChI=1S/C16H25Cl/c1-15(2,3)12-16(4,5)10-13-8-6-7-9-14(13)11-17/h6-9H,10-12H2,1-5H3. The molecule has 0 N–H and O–H groups in total. The molecule has 0 unspecified atom stereocenters. The van der Waals surface area contributed by atoms with Crippen molar-refractivity contribution in [3.05, 3.63) is 35.4 Å². The zero-order valence-electron chi connectivity index (χ0n) is 11.8. The van der Waals surface area contributed by atoms with Crippen LogP contribution in [0.15, 0.2) is 24.3 Å². The van der Waals surface area contributed by atoms with Gasteiger partial charge < -0.3 is 0 Å². The molecule has 0 bridgehead atoms. The van der Waals surface area contributed by atoms with E-state index in [0.29, 0.717) is 16.7 Å². The van der Waals surface area contributed by atoms with Crippen molar-refractivity contribution >= 4 is 11.6 Å². The first-order chi connectivity index (χ1) is 7.73. The average molecular weight is 253 g/mol. The molecule has 0 nitrogen and oxygen atoms in total. The van der Waals surface area contributed by atoms with Crippen LogP contribution in [-0.2, 0) is 12.3 Å². The van der Waals surface area contributed by atoms with Crippen LogP contribution in [0.1, 0.15) is 52.2 Å². The van der Waals surface area contributed by atoms with Gasteiger partial charge in [0.15, 0.2) is 0 Å². The van der Waals surface area contributed by atoms with E-state index in [1.807, 2.05) is 0 Å². The maximum atomic E-state index is 5.99. The van der Waals surface area contributed by atoms with Gasteiger partial charge in [-0.25, -0.2) is 0 Å². The molecule has 0 atom stereocenters. The summed E-state index contributed by atoms with van der Waals surface area (Å²) in [6.07, 6.45) is 2.32. The summed E-state index contributed by atoms with van der Waals surface area (Å²) < 4.78 is 0. The van der Waals surface area contributed by atoms with Gasteiger partial charge in [-0.1, -0.05) is 58.9 Å². The smallest absolute Gasteiger partial charge is 0.0476 e. The number of halogens is 1. The predicted molar refractivity (Wildman–Crippen MR) is 77.6 cm³/mol. The maximum absolute atomic E-state index is 5.99. The minimum Gasteiger partial charge on any atom is -0.122 e. The molecular formula is C16H25Cl. The highest BCUT2D eigenvalue weighted by atomic mass is 35.5. The zero-order chi connectivity index (χ0) is 13.1. The van der Waals surface area contributed by atoms with Crippen LogP contribution in [0.5, 0.6) is 0 Å². The van der Waals surface area contributed by atoms with Gasteiger partial charge in [0.05, 0.1) is 0 Å². The summed E-state index contributed by atoms with van der Waals surface area (Å²) in [6.45, 7) is 11.6. The number of rotatable bonds is 4. The van der Waals surface area contributed by atoms with Gasteiger partial charge in [0.2, 0.25) is 0 Å². The lowest BCUT2D eigenvalue weighted by Gasteiger charge is -2.33. The maximum Gasteiger partial charge on any atom is 0.0476 e. The van der Waals surface area contributed by atoms with Crippen LogP contribution in [0.3, 0.4) is 0 Å². The van der Waals surface area contributed by atoms with Gasteiger partial charge in [0.25, 0.3) is 0 Å². The summed E-state index contributed by atoms with van der Waals surface area (Å²) >= 11 is 5.99. The van der Waals surface area contributed by atoms with Crippen LogP contribution in [0.4, 0.5) is 0 Å². The second-order valence-corrected chi connectivity index (χ2v) is 7.25. The Morgan fingerprint density at radius 3 is 1.94 bits per heavy atom. The third-order valence-electron chi connectivity index (χ3n) is 2.94. The van der Waals surface area contributed by atoms with Crippen LogP contribution in [0.25, 0.3) is 0 Å². The fourth-order valence-electron chi connectivity index (χ4n) is 2.87. The van der Waals surface area contributed by atoms with Gasteiger partial charge in [0.1, 0.15) is 0 Å². The minimum absolute atomic E-state index is 0.320. The third-order valence-corrected chi connectivity index (χ3v) is 3.23. The van der Waals surface area contributed by atoms with E-state index in [0.717, 1.165) is 6.42 Å². The van der Waals surface area contributed by atoms with E-state index in [1.54, 1.807) is 0 Å². The Morgan fingerprint density at radius 1 is 0.941 bits per heavy atom. The molecule has 0 aromatic heterocycles. The van der Waals surface area contributed by atoms with Gasteiger partial charge in [0, 0.05) is 5.88 Å². The van der Waals surface area contributed by atoms with Crippen molar-refractivity contribution in [3.8, 4) is 0 Å². The Labute approximate surface area is 111 Å². The van der Waals surface area contributed by atoms with Crippen molar-refractivity contribution in [1.82, 2.24) is 0 Å². The Bertz CT molecular complexity index is 358. The monoisotopic (exact) mass is 252 g/mol. The topological polar surface area (TPSA) is 0 Å². The van der Waals surface area contributed by atoms with Crippen molar-refractivity contribution in [1.29, 1.82) is 0 Å². The van der Waals surface area contributed by atoms with E-state index in [9.17, 15) is 0 Å². The molecule has 17 heavy (non-hydrogen) atoms. The molecule has 1 heteroatoms. The molecule has 1 rings (SSSR count). The van der Waals surface area contributed by atoms with E-state index in [-0.39, 0.29) is 0 Å². The number of alkyl halides is 1. The Kier molecular flexibility index (Phi) is 4.66. The Hall–Kier alpha value is -0.490. The highest BCUT2D eigenvalue weighted by Gasteiger charge is 2.26. The van der Waals surface area contributed by atoms with Crippen LogP contribution >= 0.6 is 11.6 Å². The van der Waals surface area contributed by atoms with Crippen molar-refractivity contribution in [2.45, 2.75) is 53.3 Å². The first-order valence-corrected chi connectivity index (χ1v) is 6.90. The largest absolute Gasteiger partial charge is 0.122 e. The molecule has 0 heterocycles. The minimum atomic E-state index is 0.320. The van der Waals surface area contributed by atoms with E-state index in [2.05, 4.69) is 58.9 Å². The van der Waals surface area contributed by atoms with Gasteiger partial charge in [-0.3, -0.25) is 0 Å². The Balaban J connectivity index is 2.82. The van der Waals surface area contributed by atoms with Crippen LogP contribution in [-0.4, -0.2) is 0 Å². The molecule has 1 aromatic carbocycles. The second-order valence-electron chi connectivity index (χ2n) is 6.98. The van der Waals surface area contributed by atoms with Gasteiger partial charge in [-0.2, -0.15) is 0 Å². The van der Waals surface area contributed by atoms with Crippen molar-refractivity contribution < 1.29 is 0 Å². The molecule has 0 amide bonds. The number of hydrogen-bond acceptors (Lipinski definition) is 0. The number of hydrogen-bond donors (Lipinski definition) is 0. The van der Waals surface area contributed by atoms with Gasteiger partial charge in [-0.05, 0) is 34.8 Å². The lowest BCUT2D eigenvalue weighted by molar-refractivity contribution is 0.211. The molecule has 0 aliphatic carbocycles. The lowest BCUT2D eigenvalue weighted by Crippen LogP contribution is -2.23. The van der Waals surface area contributed by atoms with Crippen molar-refractivity contribution in [2.75, 3.05) is 0 Å². The second kappa shape index (κ2) is 5.44. The molecule has 0 saturated heterocycles. The molecule has 0 saturated carbocycles. The molecule has 0 fully saturated rings. The van der Waals surface area contributed by atoms with Crippen molar-refractivity contribution in [2.24, 2.45) is 10.8 Å². The molecule has 0 radical (unpaired) electrons. The highest BCUT2D eigenvalue weighted by Crippen LogP contribution is 2.36. The molecule has 1 aromatic rings. The summed E-state index contributed by atoms with van der Waals surface area (Å²) in [5, 5.41) is 0. The van der Waals surface area contributed by atoms with E-state index >= 15 is 0 Å². The summed E-state index contributed by atoms with van der Waals surface area (Å²) in [4.78, 5) is 0. The van der Waals surface area contributed by atoms with E-state index in [4.69, 9.17) is 11.6 Å². The molecule has 0 spiro atoms. The first-order valence-electron chi connectivity index (χ1n) is 6.36. The molecule has 0 aliphatic heterocycles. The van der Waals surface area contributed by atoms with Gasteiger partial charge in [-0.15, -0.1) is 11.6 Å². The first kappa shape index (κ1) is 14.6. The molecule has 96 valence electrons. The van der Waals surface area contributed by atoms with E-state index < -0.39 is 0 Å². The molecular weight excluding hydrogens is 228 g/mol. The van der Waals surface area contributed by atoms with Crippen molar-refractivity contribution in [3.63, 3.8) is 0 Å². The average Bonchev–Trinajstić information content (AvgIpc) is 2.14. The summed E-state index contributed by atoms with van der Waals surface area (Å²) in [7, 11) is 0. The highest BCUT2D eigenvalue weighted by molar-refractivity contribution is 6.17. The SMILES string of the molecule is CC(C)(C)CC(C)(C)Cc1ccccc1CCl. The Morgan fingerprint density at radius 2 is 1.47 bits per heavy atom. The quantitative estimate of drug-likeness (QED) is 0.627. The van der Waals surface area contributed by atoms with Gasteiger partial charge >= 0.3 is 0 Å². The molecule has 0 aliphatic rings. The lowest BCUT2D eigenvalue weighted by atomic mass is 9.73. The van der Waals surface area contributed by atoms with Crippen LogP contribution < -0.4 is 0 Å². The fourth-order valence-corrected chi connectivity index (χ4v) is 3.13. The summed E-state index contributed by atoms with van der Waals surface area (Å²) in [5.74, 6) is 0.613. The number of benzene rings is 1. The van der Waals surface area contributed by atoms with Crippen LogP contribution in [0, 0.1) is 10.8 Å². The fraction of sp³-hybridized carbons (Fsp3) is 0.625. The third kappa shape index (κ3) is 5.12. The van der Waals surface area contributed by atoms with E-state index in [1.165, 1.54) is 17.5 Å².